The van der Waals surface area contributed by atoms with Crippen LogP contribution in [0.4, 0.5) is 5.69 Å². The summed E-state index contributed by atoms with van der Waals surface area (Å²) in [5.41, 5.74) is 7.00. The molecule has 0 saturated carbocycles. The van der Waals surface area contributed by atoms with Crippen molar-refractivity contribution in [2.24, 2.45) is 0 Å². The first kappa shape index (κ1) is 13.2. The van der Waals surface area contributed by atoms with Crippen molar-refractivity contribution >= 4 is 5.69 Å². The maximum atomic E-state index is 5.95. The van der Waals surface area contributed by atoms with Crippen molar-refractivity contribution in [3.63, 3.8) is 0 Å². The summed E-state index contributed by atoms with van der Waals surface area (Å²) in [5, 5.41) is 0. The predicted octanol–water partition coefficient (Wildman–Crippen LogP) is 1.66. The lowest BCUT2D eigenvalue weighted by Crippen LogP contribution is -2.38. The largest absolute Gasteiger partial charge is 0.396 e. The zero-order valence-electron chi connectivity index (χ0n) is 11.1. The molecule has 1 aromatic heterocycles. The Hall–Kier alpha value is -1.20. The minimum Gasteiger partial charge on any atom is -0.396 e. The van der Waals surface area contributed by atoms with Crippen LogP contribution in [0.2, 0.25) is 0 Å². The number of aromatic nitrogens is 2. The topological polar surface area (TPSA) is 70.3 Å². The summed E-state index contributed by atoms with van der Waals surface area (Å²) in [4.78, 5) is 8.97. The number of anilines is 1. The normalized spacial score (nSPS) is 18.8. The van der Waals surface area contributed by atoms with Gasteiger partial charge in [0.1, 0.15) is 5.60 Å². The maximum absolute atomic E-state index is 5.95. The highest BCUT2D eigenvalue weighted by Crippen LogP contribution is 2.34. The molecule has 18 heavy (non-hydrogen) atoms. The molecule has 1 saturated heterocycles. The maximum Gasteiger partial charge on any atom is 0.160 e. The fourth-order valence-electron chi connectivity index (χ4n) is 2.34. The lowest BCUT2D eigenvalue weighted by Gasteiger charge is -2.35. The number of nitrogen functional groups attached to an aromatic ring is 1. The summed E-state index contributed by atoms with van der Waals surface area (Å²) in [6.07, 6.45) is 4.10. The van der Waals surface area contributed by atoms with Gasteiger partial charge in [0, 0.05) is 32.7 Å². The van der Waals surface area contributed by atoms with E-state index in [2.05, 4.69) is 9.97 Å². The average Bonchev–Trinajstić information content (AvgIpc) is 2.40. The van der Waals surface area contributed by atoms with E-state index in [4.69, 9.17) is 15.2 Å². The van der Waals surface area contributed by atoms with Crippen molar-refractivity contribution in [2.45, 2.75) is 38.7 Å². The fraction of sp³-hybridized carbons (Fsp3) is 0.692. The number of rotatable bonds is 4. The van der Waals surface area contributed by atoms with Gasteiger partial charge in [-0.05, 0) is 13.3 Å². The lowest BCUT2D eigenvalue weighted by atomic mass is 9.92. The van der Waals surface area contributed by atoms with Crippen molar-refractivity contribution in [2.75, 3.05) is 25.6 Å². The quantitative estimate of drug-likeness (QED) is 0.881. The second-order valence-electron chi connectivity index (χ2n) is 4.49. The van der Waals surface area contributed by atoms with Crippen LogP contribution in [0.3, 0.4) is 0 Å². The van der Waals surface area contributed by atoms with E-state index in [1.807, 2.05) is 13.8 Å². The molecule has 1 aromatic rings. The van der Waals surface area contributed by atoms with Gasteiger partial charge in [-0.15, -0.1) is 0 Å². The Kier molecular flexibility index (Phi) is 4.14. The molecule has 0 radical (unpaired) electrons. The van der Waals surface area contributed by atoms with Gasteiger partial charge < -0.3 is 15.2 Å². The molecule has 1 aliphatic heterocycles. The van der Waals surface area contributed by atoms with Gasteiger partial charge in [0.15, 0.2) is 5.82 Å². The van der Waals surface area contributed by atoms with Crippen molar-refractivity contribution in [1.29, 1.82) is 0 Å². The van der Waals surface area contributed by atoms with Crippen molar-refractivity contribution in [1.82, 2.24) is 9.97 Å². The van der Waals surface area contributed by atoms with E-state index >= 15 is 0 Å². The van der Waals surface area contributed by atoms with Crippen LogP contribution in [0.5, 0.6) is 0 Å². The van der Waals surface area contributed by atoms with Crippen LogP contribution < -0.4 is 5.73 Å². The zero-order valence-corrected chi connectivity index (χ0v) is 11.1. The van der Waals surface area contributed by atoms with E-state index in [1.54, 1.807) is 6.20 Å². The molecule has 1 aliphatic rings. The van der Waals surface area contributed by atoms with E-state index in [0.29, 0.717) is 25.5 Å². The molecule has 0 bridgehead atoms. The van der Waals surface area contributed by atoms with E-state index in [0.717, 1.165) is 30.8 Å². The second kappa shape index (κ2) is 5.63. The molecule has 0 unspecified atom stereocenters. The molecule has 2 N–H and O–H groups in total. The van der Waals surface area contributed by atoms with E-state index < -0.39 is 5.60 Å². The molecule has 1 fully saturated rings. The highest BCUT2D eigenvalue weighted by Gasteiger charge is 2.38. The van der Waals surface area contributed by atoms with Gasteiger partial charge in [-0.25, -0.2) is 9.97 Å². The van der Waals surface area contributed by atoms with Gasteiger partial charge in [-0.3, -0.25) is 0 Å². The Morgan fingerprint density at radius 2 is 2.11 bits per heavy atom. The Bertz CT molecular complexity index is 398. The van der Waals surface area contributed by atoms with Crippen LogP contribution in [0.1, 0.15) is 38.2 Å². The molecule has 0 amide bonds. The summed E-state index contributed by atoms with van der Waals surface area (Å²) in [6, 6.07) is 0. The fourth-order valence-corrected chi connectivity index (χ4v) is 2.34. The number of hydrogen-bond donors (Lipinski definition) is 1. The van der Waals surface area contributed by atoms with E-state index in [9.17, 15) is 0 Å². The Morgan fingerprint density at radius 3 is 2.72 bits per heavy atom. The molecule has 100 valence electrons. The molecule has 0 spiro atoms. The molecular formula is C13H21N3O2. The minimum absolute atomic E-state index is 0.398. The van der Waals surface area contributed by atoms with Crippen LogP contribution in [-0.2, 0) is 21.5 Å². The predicted molar refractivity (Wildman–Crippen MR) is 69.2 cm³/mol. The summed E-state index contributed by atoms with van der Waals surface area (Å²) in [7, 11) is 0. The third-order valence-corrected chi connectivity index (χ3v) is 3.36. The number of aryl methyl sites for hydroxylation is 1. The number of ether oxygens (including phenoxy) is 2. The van der Waals surface area contributed by atoms with Crippen molar-refractivity contribution in [3.05, 3.63) is 17.7 Å². The Morgan fingerprint density at radius 1 is 1.39 bits per heavy atom. The molecular weight excluding hydrogens is 230 g/mol. The van der Waals surface area contributed by atoms with Gasteiger partial charge in [-0.2, -0.15) is 0 Å². The average molecular weight is 251 g/mol. The van der Waals surface area contributed by atoms with Crippen LogP contribution in [0.15, 0.2) is 6.20 Å². The number of hydrogen-bond acceptors (Lipinski definition) is 5. The molecule has 5 nitrogen and oxygen atoms in total. The first-order chi connectivity index (χ1) is 8.72. The van der Waals surface area contributed by atoms with Crippen molar-refractivity contribution < 1.29 is 9.47 Å². The third kappa shape index (κ3) is 2.47. The van der Waals surface area contributed by atoms with Crippen LogP contribution in [-0.4, -0.2) is 29.8 Å². The lowest BCUT2D eigenvalue weighted by molar-refractivity contribution is -0.117. The van der Waals surface area contributed by atoms with E-state index in [-0.39, 0.29) is 0 Å². The highest BCUT2D eigenvalue weighted by atomic mass is 16.5. The van der Waals surface area contributed by atoms with Gasteiger partial charge >= 0.3 is 0 Å². The van der Waals surface area contributed by atoms with Gasteiger partial charge in [0.25, 0.3) is 0 Å². The van der Waals surface area contributed by atoms with E-state index in [1.165, 1.54) is 0 Å². The number of nitrogens with two attached hydrogens (primary N) is 1. The SMILES string of the molecule is CCOC1(c2ncc(N)c(CC)n2)CCOCC1. The molecule has 0 aromatic carbocycles. The van der Waals surface area contributed by atoms with Crippen LogP contribution in [0, 0.1) is 0 Å². The third-order valence-electron chi connectivity index (χ3n) is 3.36. The summed E-state index contributed by atoms with van der Waals surface area (Å²) >= 11 is 0. The van der Waals surface area contributed by atoms with Crippen LogP contribution >= 0.6 is 0 Å². The monoisotopic (exact) mass is 251 g/mol. The Labute approximate surface area is 108 Å². The zero-order chi connectivity index (χ0) is 13.0. The molecule has 2 rings (SSSR count). The van der Waals surface area contributed by atoms with Gasteiger partial charge in [-0.1, -0.05) is 6.92 Å². The molecule has 0 atom stereocenters. The standard InChI is InChI=1S/C13H21N3O2/c1-3-11-10(14)9-15-12(16-11)13(18-4-2)5-7-17-8-6-13/h9H,3-8,14H2,1-2H3. The second-order valence-corrected chi connectivity index (χ2v) is 4.49. The Balaban J connectivity index is 2.35. The molecule has 0 aliphatic carbocycles. The smallest absolute Gasteiger partial charge is 0.160 e. The minimum atomic E-state index is -0.398. The van der Waals surface area contributed by atoms with Gasteiger partial charge in [0.2, 0.25) is 0 Å². The van der Waals surface area contributed by atoms with Crippen LogP contribution in [0.25, 0.3) is 0 Å². The summed E-state index contributed by atoms with van der Waals surface area (Å²) in [6.45, 7) is 6.06. The summed E-state index contributed by atoms with van der Waals surface area (Å²) < 4.78 is 11.4. The first-order valence-corrected chi connectivity index (χ1v) is 6.55. The van der Waals surface area contributed by atoms with Gasteiger partial charge in [0.05, 0.1) is 17.6 Å². The molecule has 2 heterocycles. The first-order valence-electron chi connectivity index (χ1n) is 6.55. The highest BCUT2D eigenvalue weighted by molar-refractivity contribution is 5.40. The molecule has 5 heteroatoms. The van der Waals surface area contributed by atoms with Crippen molar-refractivity contribution in [3.8, 4) is 0 Å². The summed E-state index contributed by atoms with van der Waals surface area (Å²) in [5.74, 6) is 0.749. The number of nitrogens with zero attached hydrogens (tertiary/aromatic N) is 2.